The van der Waals surface area contributed by atoms with E-state index in [2.05, 4.69) is 21.2 Å². The van der Waals surface area contributed by atoms with E-state index in [1.807, 2.05) is 36.1 Å². The van der Waals surface area contributed by atoms with Crippen molar-refractivity contribution in [1.29, 1.82) is 0 Å². The number of rotatable bonds is 2. The Kier molecular flexibility index (Phi) is 3.69. The molecule has 0 saturated carbocycles. The molecule has 25 heavy (non-hydrogen) atoms. The van der Waals surface area contributed by atoms with Crippen LogP contribution in [-0.2, 0) is 0 Å². The van der Waals surface area contributed by atoms with Crippen molar-refractivity contribution in [3.8, 4) is 5.75 Å². The monoisotopic (exact) mass is 419 g/mol. The van der Waals surface area contributed by atoms with Crippen LogP contribution in [0.3, 0.4) is 0 Å². The van der Waals surface area contributed by atoms with E-state index in [0.29, 0.717) is 17.3 Å². The third-order valence-corrected chi connectivity index (χ3v) is 5.38. The zero-order valence-electron chi connectivity index (χ0n) is 13.2. The molecule has 0 spiro atoms. The van der Waals surface area contributed by atoms with Crippen LogP contribution in [0, 0.1) is 10.1 Å². The molecule has 1 fully saturated rings. The van der Waals surface area contributed by atoms with E-state index in [4.69, 9.17) is 17.0 Å². The summed E-state index contributed by atoms with van der Waals surface area (Å²) in [5.74, 6) is 0.640. The van der Waals surface area contributed by atoms with E-state index in [-0.39, 0.29) is 11.7 Å². The van der Waals surface area contributed by atoms with Crippen LogP contribution in [0.25, 0.3) is 0 Å². The summed E-state index contributed by atoms with van der Waals surface area (Å²) in [5.41, 5.74) is 1.08. The first-order chi connectivity index (χ1) is 11.9. The van der Waals surface area contributed by atoms with E-state index in [1.165, 1.54) is 6.07 Å². The van der Waals surface area contributed by atoms with Crippen molar-refractivity contribution >= 4 is 44.6 Å². The first kappa shape index (κ1) is 16.3. The van der Waals surface area contributed by atoms with Gasteiger partial charge in [0.05, 0.1) is 11.0 Å². The van der Waals surface area contributed by atoms with Crippen molar-refractivity contribution in [2.75, 3.05) is 4.90 Å². The minimum Gasteiger partial charge on any atom is -0.467 e. The Balaban J connectivity index is 1.77. The van der Waals surface area contributed by atoms with E-state index < -0.39 is 10.6 Å². The Bertz CT molecular complexity index is 889. The predicted octanol–water partition coefficient (Wildman–Crippen LogP) is 4.29. The highest BCUT2D eigenvalue weighted by Crippen LogP contribution is 2.46. The van der Waals surface area contributed by atoms with E-state index >= 15 is 0 Å². The molecule has 0 radical (unpaired) electrons. The summed E-state index contributed by atoms with van der Waals surface area (Å²) < 4.78 is 7.24. The molecule has 8 heteroatoms. The average molecular weight is 420 g/mol. The minimum absolute atomic E-state index is 0.0500. The maximum absolute atomic E-state index is 11.1. The van der Waals surface area contributed by atoms with Gasteiger partial charge in [0, 0.05) is 34.3 Å². The number of fused-ring (bicyclic) bond motifs is 4. The summed E-state index contributed by atoms with van der Waals surface area (Å²) in [5, 5.41) is 14.9. The zero-order chi connectivity index (χ0) is 17.8. The van der Waals surface area contributed by atoms with Gasteiger partial charge in [-0.05, 0) is 49.5 Å². The number of anilines is 1. The second kappa shape index (κ2) is 5.67. The lowest BCUT2D eigenvalue weighted by Crippen LogP contribution is -2.65. The van der Waals surface area contributed by atoms with Crippen molar-refractivity contribution in [3.63, 3.8) is 0 Å². The van der Waals surface area contributed by atoms with Gasteiger partial charge in [0.15, 0.2) is 10.8 Å². The van der Waals surface area contributed by atoms with Crippen LogP contribution in [0.2, 0.25) is 0 Å². The number of hydrogen-bond acceptors (Lipinski definition) is 4. The highest BCUT2D eigenvalue weighted by Gasteiger charge is 2.48. The highest BCUT2D eigenvalue weighted by atomic mass is 79.9. The van der Waals surface area contributed by atoms with Gasteiger partial charge >= 0.3 is 0 Å². The molecular formula is C17H14BrN3O3S. The van der Waals surface area contributed by atoms with Gasteiger partial charge in [0.2, 0.25) is 0 Å². The van der Waals surface area contributed by atoms with E-state index in [0.717, 1.165) is 15.7 Å². The molecule has 4 rings (SSSR count). The van der Waals surface area contributed by atoms with Gasteiger partial charge in [0.1, 0.15) is 5.75 Å². The number of nitrogens with one attached hydrogen (secondary N) is 1. The standard InChI is InChI=1S/C17H14BrN3O3S/c1-17-9-14(13-8-12(21(22)23)6-7-15(13)24-17)19-16(25)20(17)11-4-2-10(18)3-5-11/h2-8,14H,9H2,1H3,(H,19,25)/t14-,17+/m1/s1. The van der Waals surface area contributed by atoms with Gasteiger partial charge < -0.3 is 10.1 Å². The average Bonchev–Trinajstić information content (AvgIpc) is 2.55. The Morgan fingerprint density at radius 3 is 2.76 bits per heavy atom. The molecule has 2 heterocycles. The van der Waals surface area contributed by atoms with Crippen molar-refractivity contribution in [1.82, 2.24) is 5.32 Å². The molecule has 128 valence electrons. The summed E-state index contributed by atoms with van der Waals surface area (Å²) in [6, 6.07) is 12.4. The maximum atomic E-state index is 11.1. The van der Waals surface area contributed by atoms with Crippen LogP contribution < -0.4 is 15.0 Å². The van der Waals surface area contributed by atoms with Gasteiger partial charge in [-0.2, -0.15) is 0 Å². The smallest absolute Gasteiger partial charge is 0.270 e. The van der Waals surface area contributed by atoms with Gasteiger partial charge in [-0.25, -0.2) is 0 Å². The fourth-order valence-corrected chi connectivity index (χ4v) is 4.16. The quantitative estimate of drug-likeness (QED) is 0.444. The second-order valence-electron chi connectivity index (χ2n) is 6.27. The number of thiocarbonyl (C=S) groups is 1. The number of non-ortho nitro benzene ring substituents is 1. The number of benzene rings is 2. The summed E-state index contributed by atoms with van der Waals surface area (Å²) >= 11 is 9.01. The van der Waals surface area contributed by atoms with E-state index in [1.54, 1.807) is 12.1 Å². The van der Waals surface area contributed by atoms with Crippen LogP contribution >= 0.6 is 28.1 Å². The lowest BCUT2D eigenvalue weighted by molar-refractivity contribution is -0.385. The first-order valence-electron chi connectivity index (χ1n) is 7.71. The molecule has 2 aromatic carbocycles. The molecule has 0 aliphatic carbocycles. The lowest BCUT2D eigenvalue weighted by Gasteiger charge is -2.52. The molecule has 2 aliphatic rings. The topological polar surface area (TPSA) is 67.6 Å². The molecule has 2 aromatic rings. The van der Waals surface area contributed by atoms with Gasteiger partial charge in [-0.3, -0.25) is 15.0 Å². The lowest BCUT2D eigenvalue weighted by atomic mass is 9.90. The van der Waals surface area contributed by atoms with Gasteiger partial charge in [0.25, 0.3) is 5.69 Å². The molecule has 0 unspecified atom stereocenters. The van der Waals surface area contributed by atoms with Gasteiger partial charge in [-0.15, -0.1) is 0 Å². The molecule has 1 saturated heterocycles. The normalized spacial score (nSPS) is 24.2. The van der Waals surface area contributed by atoms with Crippen molar-refractivity contribution in [3.05, 3.63) is 62.6 Å². The van der Waals surface area contributed by atoms with E-state index in [9.17, 15) is 10.1 Å². The molecule has 6 nitrogen and oxygen atoms in total. The third kappa shape index (κ3) is 2.65. The van der Waals surface area contributed by atoms with Crippen LogP contribution in [0.1, 0.15) is 24.9 Å². The fourth-order valence-electron chi connectivity index (χ4n) is 3.46. The largest absolute Gasteiger partial charge is 0.467 e. The number of halogens is 1. The highest BCUT2D eigenvalue weighted by molar-refractivity contribution is 9.10. The van der Waals surface area contributed by atoms with Crippen LogP contribution in [0.15, 0.2) is 46.9 Å². The Morgan fingerprint density at radius 2 is 2.08 bits per heavy atom. The third-order valence-electron chi connectivity index (χ3n) is 4.55. The van der Waals surface area contributed by atoms with Crippen molar-refractivity contribution in [2.24, 2.45) is 0 Å². The molecule has 1 N–H and O–H groups in total. The van der Waals surface area contributed by atoms with Gasteiger partial charge in [-0.1, -0.05) is 15.9 Å². The summed E-state index contributed by atoms with van der Waals surface area (Å²) in [6.07, 6.45) is 0.622. The maximum Gasteiger partial charge on any atom is 0.270 e. The Hall–Kier alpha value is -2.19. The summed E-state index contributed by atoms with van der Waals surface area (Å²) in [7, 11) is 0. The molecule has 0 aromatic heterocycles. The van der Waals surface area contributed by atoms with Crippen LogP contribution in [0.5, 0.6) is 5.75 Å². The van der Waals surface area contributed by atoms with Crippen molar-refractivity contribution in [2.45, 2.75) is 25.1 Å². The molecule has 2 atom stereocenters. The van der Waals surface area contributed by atoms with Crippen LogP contribution in [-0.4, -0.2) is 15.8 Å². The Morgan fingerprint density at radius 1 is 1.36 bits per heavy atom. The number of nitro groups is 1. The summed E-state index contributed by atoms with van der Waals surface area (Å²) in [4.78, 5) is 12.6. The first-order valence-corrected chi connectivity index (χ1v) is 8.91. The number of hydrogen-bond donors (Lipinski definition) is 1. The predicted molar refractivity (Wildman–Crippen MR) is 102 cm³/mol. The van der Waals surface area contributed by atoms with Crippen LogP contribution in [0.4, 0.5) is 11.4 Å². The summed E-state index contributed by atoms with van der Waals surface area (Å²) in [6.45, 7) is 1.99. The molecule has 2 aliphatic heterocycles. The minimum atomic E-state index is -0.663. The second-order valence-corrected chi connectivity index (χ2v) is 7.58. The molecular weight excluding hydrogens is 406 g/mol. The fraction of sp³-hybridized carbons (Fsp3) is 0.235. The zero-order valence-corrected chi connectivity index (χ0v) is 15.6. The molecule has 2 bridgehead atoms. The number of nitro benzene ring substituents is 1. The van der Waals surface area contributed by atoms with Crippen molar-refractivity contribution < 1.29 is 9.66 Å². The SMILES string of the molecule is C[C@]12C[C@@H](NC(=S)N1c1ccc(Br)cc1)c1cc([N+](=O)[O-])ccc1O2. The molecule has 0 amide bonds. The number of ether oxygens (including phenoxy) is 1. The Labute approximate surface area is 158 Å². The number of nitrogens with zero attached hydrogens (tertiary/aromatic N) is 2.